The summed E-state index contributed by atoms with van der Waals surface area (Å²) in [5.41, 5.74) is 7.09. The summed E-state index contributed by atoms with van der Waals surface area (Å²) in [6.07, 6.45) is 0.839. The molecule has 182 valence electrons. The Bertz CT molecular complexity index is 1310. The van der Waals surface area contributed by atoms with Gasteiger partial charge in [0.15, 0.2) is 11.7 Å². The number of fused-ring (bicyclic) bond motifs is 1. The average Bonchev–Trinajstić information content (AvgIpc) is 3.20. The van der Waals surface area contributed by atoms with Crippen LogP contribution in [0.15, 0.2) is 60.7 Å². The molecule has 1 atom stereocenters. The van der Waals surface area contributed by atoms with Gasteiger partial charge in [-0.05, 0) is 62.6 Å². The zero-order chi connectivity index (χ0) is 25.1. The predicted octanol–water partition coefficient (Wildman–Crippen LogP) is 5.79. The van der Waals surface area contributed by atoms with Crippen molar-refractivity contribution in [3.05, 3.63) is 88.9 Å². The first-order chi connectivity index (χ1) is 16.8. The topological polar surface area (TPSA) is 60.2 Å². The van der Waals surface area contributed by atoms with Crippen LogP contribution in [-0.4, -0.2) is 33.7 Å². The first-order valence-corrected chi connectivity index (χ1v) is 12.2. The second-order valence-electron chi connectivity index (χ2n) is 9.22. The van der Waals surface area contributed by atoms with Gasteiger partial charge in [0.25, 0.3) is 0 Å². The van der Waals surface area contributed by atoms with E-state index in [2.05, 4.69) is 67.5 Å². The van der Waals surface area contributed by atoms with Gasteiger partial charge in [0.1, 0.15) is 11.3 Å². The van der Waals surface area contributed by atoms with Crippen LogP contribution >= 0.6 is 0 Å². The van der Waals surface area contributed by atoms with E-state index in [0.717, 1.165) is 51.5 Å². The van der Waals surface area contributed by atoms with Crippen LogP contribution in [0.25, 0.3) is 11.2 Å². The highest BCUT2D eigenvalue weighted by Crippen LogP contribution is 2.31. The molecule has 6 nitrogen and oxygen atoms in total. The zero-order valence-corrected chi connectivity index (χ0v) is 21.4. The second-order valence-corrected chi connectivity index (χ2v) is 9.22. The number of carbonyl (C=O) groups excluding carboxylic acids is 1. The molecule has 0 saturated heterocycles. The van der Waals surface area contributed by atoms with Crippen molar-refractivity contribution in [2.24, 2.45) is 0 Å². The number of aryl methyl sites for hydroxylation is 3. The van der Waals surface area contributed by atoms with Crippen molar-refractivity contribution in [1.29, 1.82) is 0 Å². The molecule has 2 aromatic heterocycles. The minimum Gasteiger partial charge on any atom is -0.467 e. The van der Waals surface area contributed by atoms with Gasteiger partial charge in [-0.2, -0.15) is 0 Å². The summed E-state index contributed by atoms with van der Waals surface area (Å²) in [5, 5.41) is 0. The van der Waals surface area contributed by atoms with Crippen molar-refractivity contribution < 1.29 is 9.53 Å². The summed E-state index contributed by atoms with van der Waals surface area (Å²) in [6.45, 7) is 11.1. The Balaban J connectivity index is 1.69. The predicted molar refractivity (Wildman–Crippen MR) is 141 cm³/mol. The molecule has 2 aromatic carbocycles. The van der Waals surface area contributed by atoms with Crippen molar-refractivity contribution in [1.82, 2.24) is 14.5 Å². The zero-order valence-electron chi connectivity index (χ0n) is 21.4. The number of aromatic nitrogens is 3. The Morgan fingerprint density at radius 3 is 2.31 bits per heavy atom. The molecular weight excluding hydrogens is 436 g/mol. The van der Waals surface area contributed by atoms with Crippen molar-refractivity contribution in [3.8, 4) is 0 Å². The molecule has 0 aliphatic rings. The van der Waals surface area contributed by atoms with Gasteiger partial charge in [0.2, 0.25) is 0 Å². The number of methoxy groups -OCH3 is 1. The summed E-state index contributed by atoms with van der Waals surface area (Å²) >= 11 is 0. The Hall–Kier alpha value is -3.67. The van der Waals surface area contributed by atoms with Crippen LogP contribution in [0.2, 0.25) is 0 Å². The number of hydrogen-bond acceptors (Lipinski definition) is 5. The minimum atomic E-state index is -0.522. The normalized spacial score (nSPS) is 12.2. The molecule has 2 heterocycles. The van der Waals surface area contributed by atoms with Gasteiger partial charge >= 0.3 is 5.97 Å². The average molecular weight is 471 g/mol. The minimum absolute atomic E-state index is 0.0876. The molecule has 0 spiro atoms. The Morgan fingerprint density at radius 1 is 1.03 bits per heavy atom. The van der Waals surface area contributed by atoms with E-state index in [1.54, 1.807) is 0 Å². The van der Waals surface area contributed by atoms with Gasteiger partial charge in [-0.1, -0.05) is 49.4 Å². The van der Waals surface area contributed by atoms with Crippen molar-refractivity contribution in [3.63, 3.8) is 0 Å². The fraction of sp³-hybridized carbons (Fsp3) is 0.345. The first-order valence-electron chi connectivity index (χ1n) is 12.2. The number of benzene rings is 2. The summed E-state index contributed by atoms with van der Waals surface area (Å²) in [4.78, 5) is 24.7. The van der Waals surface area contributed by atoms with Crippen LogP contribution < -0.4 is 4.90 Å². The highest BCUT2D eigenvalue weighted by atomic mass is 16.5. The van der Waals surface area contributed by atoms with E-state index in [-0.39, 0.29) is 12.0 Å². The fourth-order valence-corrected chi connectivity index (χ4v) is 4.74. The number of esters is 1. The molecule has 1 unspecified atom stereocenters. The molecule has 0 N–H and O–H groups in total. The molecule has 0 saturated carbocycles. The lowest BCUT2D eigenvalue weighted by Gasteiger charge is -2.35. The molecule has 0 amide bonds. The highest BCUT2D eigenvalue weighted by molar-refractivity contribution is 5.82. The van der Waals surface area contributed by atoms with E-state index in [1.165, 1.54) is 7.11 Å². The van der Waals surface area contributed by atoms with Crippen LogP contribution in [0.4, 0.5) is 5.69 Å². The number of rotatable bonds is 8. The van der Waals surface area contributed by atoms with E-state index < -0.39 is 6.04 Å². The van der Waals surface area contributed by atoms with Crippen LogP contribution in [-0.2, 0) is 22.5 Å². The molecule has 0 bridgehead atoms. The van der Waals surface area contributed by atoms with Gasteiger partial charge in [-0.15, -0.1) is 0 Å². The van der Waals surface area contributed by atoms with Crippen LogP contribution in [0.3, 0.4) is 0 Å². The standard InChI is InChI=1S/C29H34N4O2/c1-7-25-31-26-20(4)17-21(5)30-28(26)32(25)18-22-13-15-24(16-14-22)33(19(2)3)27(29(34)35-6)23-11-9-8-10-12-23/h8-17,19,27H,7,18H2,1-6H3. The smallest absolute Gasteiger partial charge is 0.333 e. The van der Waals surface area contributed by atoms with E-state index in [9.17, 15) is 4.79 Å². The van der Waals surface area contributed by atoms with E-state index in [1.807, 2.05) is 37.3 Å². The van der Waals surface area contributed by atoms with Crippen LogP contribution in [0.5, 0.6) is 0 Å². The summed E-state index contributed by atoms with van der Waals surface area (Å²) in [7, 11) is 1.44. The lowest BCUT2D eigenvalue weighted by Crippen LogP contribution is -2.39. The number of carbonyl (C=O) groups is 1. The Morgan fingerprint density at radius 2 is 1.71 bits per heavy atom. The summed E-state index contributed by atoms with van der Waals surface area (Å²) in [5.74, 6) is 0.757. The van der Waals surface area contributed by atoms with Crippen molar-refractivity contribution >= 4 is 22.8 Å². The number of imidazole rings is 1. The molecule has 0 aliphatic heterocycles. The van der Waals surface area contributed by atoms with Gasteiger partial charge in [-0.3, -0.25) is 0 Å². The molecule has 0 fully saturated rings. The van der Waals surface area contributed by atoms with Gasteiger partial charge in [0.05, 0.1) is 13.7 Å². The second kappa shape index (κ2) is 10.3. The molecule has 6 heteroatoms. The lowest BCUT2D eigenvalue weighted by molar-refractivity contribution is -0.142. The SMILES string of the molecule is CCc1nc2c(C)cc(C)nc2n1Cc1ccc(N(C(C)C)C(C(=O)OC)c2ccccc2)cc1. The Labute approximate surface area is 207 Å². The monoisotopic (exact) mass is 470 g/mol. The quantitative estimate of drug-likeness (QED) is 0.305. The third kappa shape index (κ3) is 4.92. The maximum atomic E-state index is 12.9. The van der Waals surface area contributed by atoms with Crippen molar-refractivity contribution in [2.45, 2.75) is 59.7 Å². The van der Waals surface area contributed by atoms with Crippen molar-refractivity contribution in [2.75, 3.05) is 12.0 Å². The molecule has 4 aromatic rings. The fourth-order valence-electron chi connectivity index (χ4n) is 4.74. The third-order valence-electron chi connectivity index (χ3n) is 6.37. The Kier molecular flexibility index (Phi) is 7.20. The van der Waals surface area contributed by atoms with Gasteiger partial charge in [-0.25, -0.2) is 14.8 Å². The van der Waals surface area contributed by atoms with Crippen LogP contribution in [0, 0.1) is 13.8 Å². The summed E-state index contributed by atoms with van der Waals surface area (Å²) in [6, 6.07) is 19.9. The van der Waals surface area contributed by atoms with E-state index >= 15 is 0 Å². The summed E-state index contributed by atoms with van der Waals surface area (Å²) < 4.78 is 7.42. The van der Waals surface area contributed by atoms with E-state index in [4.69, 9.17) is 14.7 Å². The largest absolute Gasteiger partial charge is 0.467 e. The van der Waals surface area contributed by atoms with Crippen LogP contribution in [0.1, 0.15) is 55.0 Å². The third-order valence-corrected chi connectivity index (χ3v) is 6.37. The number of ether oxygens (including phenoxy) is 1. The maximum Gasteiger partial charge on any atom is 0.333 e. The number of nitrogens with zero attached hydrogens (tertiary/aromatic N) is 4. The molecule has 0 radical (unpaired) electrons. The van der Waals surface area contributed by atoms with Gasteiger partial charge < -0.3 is 14.2 Å². The molecule has 35 heavy (non-hydrogen) atoms. The number of anilines is 1. The van der Waals surface area contributed by atoms with Gasteiger partial charge in [0, 0.05) is 23.8 Å². The lowest BCUT2D eigenvalue weighted by atomic mass is 10.0. The highest BCUT2D eigenvalue weighted by Gasteiger charge is 2.30. The number of pyridine rings is 1. The molecule has 0 aliphatic carbocycles. The first kappa shape index (κ1) is 24.5. The molecular formula is C29H34N4O2. The number of hydrogen-bond donors (Lipinski definition) is 0. The molecule has 4 rings (SSSR count). The maximum absolute atomic E-state index is 12.9. The van der Waals surface area contributed by atoms with E-state index in [0.29, 0.717) is 6.54 Å².